The van der Waals surface area contributed by atoms with Crippen molar-refractivity contribution < 1.29 is 8.42 Å². The highest BCUT2D eigenvalue weighted by molar-refractivity contribution is 7.73. The van der Waals surface area contributed by atoms with Gasteiger partial charge < -0.3 is 0 Å². The highest BCUT2D eigenvalue weighted by atomic mass is 32.2. The lowest BCUT2D eigenvalue weighted by atomic mass is 11.9. The third-order valence-electron chi connectivity index (χ3n) is 0.192. The maximum atomic E-state index is 9.35. The summed E-state index contributed by atoms with van der Waals surface area (Å²) in [5, 5.41) is 0. The Balaban J connectivity index is 4.25. The van der Waals surface area contributed by atoms with Crippen LogP contribution in [0.15, 0.2) is 0 Å². The van der Waals surface area contributed by atoms with Crippen LogP contribution in [0.25, 0.3) is 0 Å². The SMILES string of the molecule is O=S(=O)=C[SiH3]. The van der Waals surface area contributed by atoms with Crippen LogP contribution in [0.5, 0.6) is 0 Å². The van der Waals surface area contributed by atoms with Crippen LogP contribution in [-0.2, 0) is 10.3 Å². The fraction of sp³-hybridized carbons (Fsp3) is 0. The van der Waals surface area contributed by atoms with Crippen LogP contribution in [-0.4, -0.2) is 23.7 Å². The maximum Gasteiger partial charge on any atom is 0.204 e. The molecule has 0 rings (SSSR count). The highest BCUT2D eigenvalue weighted by Crippen LogP contribution is 1.22. The third-order valence-corrected chi connectivity index (χ3v) is 1.73. The molecule has 0 spiro atoms. The first kappa shape index (κ1) is 4.91. The van der Waals surface area contributed by atoms with E-state index in [1.807, 2.05) is 0 Å². The lowest BCUT2D eigenvalue weighted by molar-refractivity contribution is 0.627. The van der Waals surface area contributed by atoms with Crippen molar-refractivity contribution in [3.63, 3.8) is 0 Å². The summed E-state index contributed by atoms with van der Waals surface area (Å²) in [5.41, 5.74) is 0. The predicted molar refractivity (Wildman–Crippen MR) is 24.9 cm³/mol. The molecule has 5 heavy (non-hydrogen) atoms. The Morgan fingerprint density at radius 2 is 1.80 bits per heavy atom. The van der Waals surface area contributed by atoms with Gasteiger partial charge in [-0.3, -0.25) is 0 Å². The van der Waals surface area contributed by atoms with Gasteiger partial charge in [0, 0.05) is 15.2 Å². The minimum absolute atomic E-state index is 0.636. The number of rotatable bonds is 0. The summed E-state index contributed by atoms with van der Waals surface area (Å²) in [6.07, 6.45) is 0. The monoisotopic (exact) mass is 108 g/mol. The minimum Gasteiger partial charge on any atom is -0.185 e. The van der Waals surface area contributed by atoms with Crippen molar-refractivity contribution >= 4 is 25.5 Å². The molecule has 30 valence electrons. The Morgan fingerprint density at radius 3 is 1.80 bits per heavy atom. The van der Waals surface area contributed by atoms with Gasteiger partial charge in [0.1, 0.15) is 0 Å². The summed E-state index contributed by atoms with van der Waals surface area (Å²) in [6.45, 7) is 0. The number of hydrogen-bond acceptors (Lipinski definition) is 2. The van der Waals surface area contributed by atoms with Crippen LogP contribution in [0.2, 0.25) is 0 Å². The molecule has 0 N–H and O–H groups in total. The van der Waals surface area contributed by atoms with Crippen molar-refractivity contribution in [3.8, 4) is 0 Å². The van der Waals surface area contributed by atoms with E-state index in [4.69, 9.17) is 0 Å². The molecular formula is CH4O2SSi. The van der Waals surface area contributed by atoms with E-state index in [2.05, 4.69) is 0 Å². The molecule has 0 amide bonds. The minimum atomic E-state index is -1.89. The van der Waals surface area contributed by atoms with E-state index >= 15 is 0 Å². The quantitative estimate of drug-likeness (QED) is 0.265. The molecule has 0 aromatic heterocycles. The molecule has 0 saturated carbocycles. The fourth-order valence-electron chi connectivity index (χ4n) is 0. The van der Waals surface area contributed by atoms with E-state index in [0.717, 1.165) is 0 Å². The fourth-order valence-corrected chi connectivity index (χ4v) is 0. The summed E-state index contributed by atoms with van der Waals surface area (Å²) >= 11 is 0. The van der Waals surface area contributed by atoms with Crippen molar-refractivity contribution in [3.05, 3.63) is 0 Å². The van der Waals surface area contributed by atoms with Gasteiger partial charge >= 0.3 is 0 Å². The topological polar surface area (TPSA) is 34.1 Å². The van der Waals surface area contributed by atoms with E-state index in [1.165, 1.54) is 4.99 Å². The van der Waals surface area contributed by atoms with Crippen molar-refractivity contribution in [1.82, 2.24) is 0 Å². The average Bonchev–Trinajstić information content (AvgIpc) is 1.38. The van der Waals surface area contributed by atoms with Gasteiger partial charge in [-0.05, 0) is 0 Å². The molecule has 0 unspecified atom stereocenters. The van der Waals surface area contributed by atoms with Gasteiger partial charge in [0.2, 0.25) is 10.3 Å². The molecule has 0 radical (unpaired) electrons. The second kappa shape index (κ2) is 2.16. The average molecular weight is 108 g/mol. The van der Waals surface area contributed by atoms with Gasteiger partial charge in [0.25, 0.3) is 0 Å². The Morgan fingerprint density at radius 1 is 1.60 bits per heavy atom. The molecule has 0 aromatic rings. The van der Waals surface area contributed by atoms with Crippen molar-refractivity contribution in [2.24, 2.45) is 0 Å². The highest BCUT2D eigenvalue weighted by Gasteiger charge is 1.47. The molecule has 0 saturated heterocycles. The van der Waals surface area contributed by atoms with Crippen molar-refractivity contribution in [2.45, 2.75) is 0 Å². The molecule has 0 aliphatic heterocycles. The van der Waals surface area contributed by atoms with Crippen LogP contribution in [0.3, 0.4) is 0 Å². The molecule has 4 heteroatoms. The maximum absolute atomic E-state index is 9.35. The van der Waals surface area contributed by atoms with E-state index in [9.17, 15) is 8.42 Å². The molecule has 0 atom stereocenters. The van der Waals surface area contributed by atoms with E-state index in [-0.39, 0.29) is 0 Å². The van der Waals surface area contributed by atoms with Crippen LogP contribution in [0.4, 0.5) is 0 Å². The van der Waals surface area contributed by atoms with E-state index in [1.54, 1.807) is 0 Å². The lowest BCUT2D eigenvalue weighted by Crippen LogP contribution is -1.64. The molecule has 0 heterocycles. The van der Waals surface area contributed by atoms with E-state index < -0.39 is 10.3 Å². The van der Waals surface area contributed by atoms with Crippen LogP contribution in [0.1, 0.15) is 0 Å². The normalized spacial score (nSPS) is 7.20. The first-order valence-corrected chi connectivity index (χ1v) is 3.44. The summed E-state index contributed by atoms with van der Waals surface area (Å²) in [4.78, 5) is 1.22. The van der Waals surface area contributed by atoms with Gasteiger partial charge in [-0.15, -0.1) is 0 Å². The molecule has 0 bridgehead atoms. The zero-order valence-electron chi connectivity index (χ0n) is 2.80. The van der Waals surface area contributed by atoms with E-state index in [0.29, 0.717) is 10.2 Å². The predicted octanol–water partition coefficient (Wildman–Crippen LogP) is -2.01. The smallest absolute Gasteiger partial charge is 0.185 e. The third kappa shape index (κ3) is 3.91. The Kier molecular flexibility index (Phi) is 2.12. The summed E-state index contributed by atoms with van der Waals surface area (Å²) in [7, 11) is -1.25. The Hall–Kier alpha value is -0.0931. The van der Waals surface area contributed by atoms with Gasteiger partial charge in [-0.25, -0.2) is 0 Å². The van der Waals surface area contributed by atoms with Crippen LogP contribution >= 0.6 is 0 Å². The zero-order valence-corrected chi connectivity index (χ0v) is 5.62. The summed E-state index contributed by atoms with van der Waals surface area (Å²) in [5.74, 6) is 0. The molecule has 0 aromatic carbocycles. The Bertz CT molecular complexity index is 113. The molecule has 0 aliphatic carbocycles. The van der Waals surface area contributed by atoms with Gasteiger partial charge in [-0.2, -0.15) is 8.42 Å². The lowest BCUT2D eigenvalue weighted by Gasteiger charge is -1.37. The summed E-state index contributed by atoms with van der Waals surface area (Å²) in [6, 6.07) is 0. The van der Waals surface area contributed by atoms with Crippen molar-refractivity contribution in [2.75, 3.05) is 0 Å². The largest absolute Gasteiger partial charge is 0.204 e. The first-order valence-electron chi connectivity index (χ1n) is 1.15. The second-order valence-electron chi connectivity index (χ2n) is 0.496. The zero-order chi connectivity index (χ0) is 4.28. The first-order chi connectivity index (χ1) is 2.27. The Labute approximate surface area is 34.8 Å². The molecule has 2 nitrogen and oxygen atoms in total. The second-order valence-corrected chi connectivity index (χ2v) is 2.90. The summed E-state index contributed by atoms with van der Waals surface area (Å²) < 4.78 is 18.7. The van der Waals surface area contributed by atoms with Crippen LogP contribution < -0.4 is 0 Å². The standard InChI is InChI=1S/CH4O2SSi/c2-4(3)1-5/h1H,5H3. The van der Waals surface area contributed by atoms with Gasteiger partial charge in [0.05, 0.1) is 0 Å². The molecule has 0 fully saturated rings. The van der Waals surface area contributed by atoms with Crippen LogP contribution in [0, 0.1) is 0 Å². The van der Waals surface area contributed by atoms with Gasteiger partial charge in [0.15, 0.2) is 0 Å². The van der Waals surface area contributed by atoms with Gasteiger partial charge in [-0.1, -0.05) is 0 Å². The molecular weight excluding hydrogens is 104 g/mol. The van der Waals surface area contributed by atoms with Crippen molar-refractivity contribution in [1.29, 1.82) is 0 Å². The number of hydrogen-bond donors (Lipinski definition) is 0. The molecule has 0 aliphatic rings.